The molecule has 16 heavy (non-hydrogen) atoms. The number of halogens is 1. The van der Waals surface area contributed by atoms with Crippen LogP contribution in [0, 0.1) is 26.2 Å². The first-order valence-corrected chi connectivity index (χ1v) is 5.51. The molecular formula is C13H14ClNO. The average Bonchev–Trinajstić information content (AvgIpc) is 2.26. The highest BCUT2D eigenvalue weighted by molar-refractivity contribution is 6.29. The molecule has 84 valence electrons. The summed E-state index contributed by atoms with van der Waals surface area (Å²) < 4.78 is 0. The van der Waals surface area contributed by atoms with Crippen molar-refractivity contribution in [1.29, 1.82) is 0 Å². The van der Waals surface area contributed by atoms with Crippen molar-refractivity contribution in [3.8, 4) is 12.3 Å². The molecule has 0 saturated carbocycles. The fourth-order valence-corrected chi connectivity index (χ4v) is 1.83. The second-order valence-electron chi connectivity index (χ2n) is 3.56. The van der Waals surface area contributed by atoms with Gasteiger partial charge in [0.05, 0.1) is 12.2 Å². The Hall–Kier alpha value is -1.46. The first-order chi connectivity index (χ1) is 7.61. The number of anilines is 1. The van der Waals surface area contributed by atoms with E-state index < -0.39 is 0 Å². The van der Waals surface area contributed by atoms with Gasteiger partial charge in [-0.3, -0.25) is 9.69 Å². The molecule has 1 aromatic rings. The molecule has 0 spiro atoms. The number of nitrogens with zero attached hydrogens (tertiary/aromatic N) is 1. The third kappa shape index (κ3) is 2.56. The van der Waals surface area contributed by atoms with Crippen LogP contribution in [0.3, 0.4) is 0 Å². The van der Waals surface area contributed by atoms with Gasteiger partial charge in [-0.05, 0) is 25.0 Å². The first-order valence-electron chi connectivity index (χ1n) is 4.97. The number of hydrogen-bond acceptors (Lipinski definition) is 1. The second kappa shape index (κ2) is 5.58. The van der Waals surface area contributed by atoms with E-state index in [2.05, 4.69) is 5.92 Å². The second-order valence-corrected chi connectivity index (χ2v) is 3.83. The molecule has 0 radical (unpaired) electrons. The van der Waals surface area contributed by atoms with Crippen molar-refractivity contribution in [2.45, 2.75) is 13.8 Å². The molecule has 2 nitrogen and oxygen atoms in total. The third-order valence-electron chi connectivity index (χ3n) is 2.37. The zero-order chi connectivity index (χ0) is 12.1. The largest absolute Gasteiger partial charge is 0.299 e. The highest BCUT2D eigenvalue weighted by atomic mass is 35.5. The Morgan fingerprint density at radius 2 is 2.00 bits per heavy atom. The van der Waals surface area contributed by atoms with Gasteiger partial charge < -0.3 is 0 Å². The highest BCUT2D eigenvalue weighted by Gasteiger charge is 2.17. The minimum absolute atomic E-state index is 0.0601. The Bertz CT molecular complexity index is 414. The molecule has 0 aliphatic carbocycles. The lowest BCUT2D eigenvalue weighted by atomic mass is 10.1. The van der Waals surface area contributed by atoms with Crippen molar-refractivity contribution in [3.05, 3.63) is 29.3 Å². The normalized spacial score (nSPS) is 9.62. The molecule has 0 saturated heterocycles. The Kier molecular flexibility index (Phi) is 4.39. The van der Waals surface area contributed by atoms with Crippen molar-refractivity contribution in [2.75, 3.05) is 17.3 Å². The molecule has 3 heteroatoms. The predicted octanol–water partition coefficient (Wildman–Crippen LogP) is 2.51. The summed E-state index contributed by atoms with van der Waals surface area (Å²) in [5.41, 5.74) is 2.91. The van der Waals surface area contributed by atoms with Gasteiger partial charge in [0.15, 0.2) is 0 Å². The van der Waals surface area contributed by atoms with E-state index in [1.165, 1.54) is 0 Å². The van der Waals surface area contributed by atoms with E-state index in [0.29, 0.717) is 0 Å². The number of rotatable bonds is 3. The number of carbonyl (C=O) groups excluding carboxylic acids is 1. The molecule has 1 aromatic carbocycles. The van der Waals surface area contributed by atoms with E-state index in [-0.39, 0.29) is 18.3 Å². The molecule has 0 aliphatic rings. The Morgan fingerprint density at radius 1 is 1.44 bits per heavy atom. The van der Waals surface area contributed by atoms with Gasteiger partial charge in [0.1, 0.15) is 5.88 Å². The lowest BCUT2D eigenvalue weighted by Gasteiger charge is -2.23. The topological polar surface area (TPSA) is 20.3 Å². The summed E-state index contributed by atoms with van der Waals surface area (Å²) in [5.74, 6) is 2.25. The van der Waals surface area contributed by atoms with Gasteiger partial charge in [0, 0.05) is 0 Å². The fourth-order valence-electron chi connectivity index (χ4n) is 1.69. The van der Waals surface area contributed by atoms with E-state index >= 15 is 0 Å². The van der Waals surface area contributed by atoms with Gasteiger partial charge in [-0.2, -0.15) is 0 Å². The molecule has 0 N–H and O–H groups in total. The van der Waals surface area contributed by atoms with Crippen molar-refractivity contribution >= 4 is 23.2 Å². The van der Waals surface area contributed by atoms with Crippen LogP contribution in [-0.2, 0) is 4.79 Å². The van der Waals surface area contributed by atoms with Crippen LogP contribution in [0.1, 0.15) is 11.1 Å². The maximum Gasteiger partial charge on any atom is 0.242 e. The predicted molar refractivity (Wildman–Crippen MR) is 67.8 cm³/mol. The van der Waals surface area contributed by atoms with Crippen LogP contribution < -0.4 is 4.90 Å². The Labute approximate surface area is 101 Å². The zero-order valence-corrected chi connectivity index (χ0v) is 10.2. The number of para-hydroxylation sites is 1. The lowest BCUT2D eigenvalue weighted by Crippen LogP contribution is -2.33. The molecule has 1 amide bonds. The molecular weight excluding hydrogens is 222 g/mol. The summed E-state index contributed by atoms with van der Waals surface area (Å²) >= 11 is 5.58. The summed E-state index contributed by atoms with van der Waals surface area (Å²) in [6, 6.07) is 5.86. The molecule has 0 aliphatic heterocycles. The van der Waals surface area contributed by atoms with Crippen molar-refractivity contribution in [1.82, 2.24) is 0 Å². The van der Waals surface area contributed by atoms with Gasteiger partial charge in [-0.25, -0.2) is 0 Å². The molecule has 0 aromatic heterocycles. The number of hydrogen-bond donors (Lipinski definition) is 0. The van der Waals surface area contributed by atoms with Gasteiger partial charge in [-0.1, -0.05) is 24.1 Å². The Balaban J connectivity index is 3.21. The van der Waals surface area contributed by atoms with Crippen molar-refractivity contribution in [3.63, 3.8) is 0 Å². The number of terminal acetylenes is 1. The molecule has 0 atom stereocenters. The number of aryl methyl sites for hydroxylation is 2. The van der Waals surface area contributed by atoms with E-state index in [1.54, 1.807) is 4.90 Å². The third-order valence-corrected chi connectivity index (χ3v) is 2.60. The molecule has 0 fully saturated rings. The van der Waals surface area contributed by atoms with E-state index in [1.807, 2.05) is 32.0 Å². The van der Waals surface area contributed by atoms with Crippen LogP contribution in [0.5, 0.6) is 0 Å². The average molecular weight is 236 g/mol. The monoisotopic (exact) mass is 235 g/mol. The van der Waals surface area contributed by atoms with E-state index in [0.717, 1.165) is 16.8 Å². The highest BCUT2D eigenvalue weighted by Crippen LogP contribution is 2.24. The van der Waals surface area contributed by atoms with Crippen molar-refractivity contribution < 1.29 is 4.79 Å². The van der Waals surface area contributed by atoms with Crippen LogP contribution >= 0.6 is 11.6 Å². The standard InChI is InChI=1S/C13H14ClNO/c1-4-8-15(12(16)9-14)13-10(2)6-5-7-11(13)3/h1,5-7H,8-9H2,2-3H3. The van der Waals surface area contributed by atoms with Crippen LogP contribution in [0.25, 0.3) is 0 Å². The number of amides is 1. The quantitative estimate of drug-likeness (QED) is 0.582. The van der Waals surface area contributed by atoms with Crippen molar-refractivity contribution in [2.24, 2.45) is 0 Å². The van der Waals surface area contributed by atoms with Crippen LogP contribution in [-0.4, -0.2) is 18.3 Å². The smallest absolute Gasteiger partial charge is 0.242 e. The lowest BCUT2D eigenvalue weighted by molar-refractivity contribution is -0.116. The maximum atomic E-state index is 11.7. The number of carbonyl (C=O) groups is 1. The summed E-state index contributed by atoms with van der Waals surface area (Å²) in [5, 5.41) is 0. The summed E-state index contributed by atoms with van der Waals surface area (Å²) in [6.07, 6.45) is 5.27. The van der Waals surface area contributed by atoms with Crippen LogP contribution in [0.4, 0.5) is 5.69 Å². The minimum Gasteiger partial charge on any atom is -0.299 e. The van der Waals surface area contributed by atoms with Crippen LogP contribution in [0.2, 0.25) is 0 Å². The molecule has 0 bridgehead atoms. The zero-order valence-electron chi connectivity index (χ0n) is 9.46. The fraction of sp³-hybridized carbons (Fsp3) is 0.308. The first kappa shape index (κ1) is 12.6. The summed E-state index contributed by atoms with van der Waals surface area (Å²) in [6.45, 7) is 4.15. The number of benzene rings is 1. The van der Waals surface area contributed by atoms with Gasteiger partial charge >= 0.3 is 0 Å². The maximum absolute atomic E-state index is 11.7. The SMILES string of the molecule is C#CCN(C(=O)CCl)c1c(C)cccc1C. The van der Waals surface area contributed by atoms with Gasteiger partial charge in [0.25, 0.3) is 0 Å². The van der Waals surface area contributed by atoms with E-state index in [9.17, 15) is 4.79 Å². The van der Waals surface area contributed by atoms with Crippen LogP contribution in [0.15, 0.2) is 18.2 Å². The molecule has 1 rings (SSSR count). The van der Waals surface area contributed by atoms with Gasteiger partial charge in [0.2, 0.25) is 5.91 Å². The van der Waals surface area contributed by atoms with E-state index in [4.69, 9.17) is 18.0 Å². The molecule has 0 heterocycles. The molecule has 0 unspecified atom stereocenters. The summed E-state index contributed by atoms with van der Waals surface area (Å²) in [4.78, 5) is 13.3. The minimum atomic E-state index is -0.169. The number of alkyl halides is 1. The Morgan fingerprint density at radius 3 is 2.44 bits per heavy atom. The van der Waals surface area contributed by atoms with Gasteiger partial charge in [-0.15, -0.1) is 18.0 Å². The summed E-state index contributed by atoms with van der Waals surface area (Å²) in [7, 11) is 0.